The summed E-state index contributed by atoms with van der Waals surface area (Å²) >= 11 is 0. The van der Waals surface area contributed by atoms with Crippen LogP contribution in [0.25, 0.3) is 0 Å². The van der Waals surface area contributed by atoms with Gasteiger partial charge in [0.1, 0.15) is 18.8 Å². The number of hydrogen-bond acceptors (Lipinski definition) is 6. The third-order valence-corrected chi connectivity index (χ3v) is 5.92. The number of carbonyl (C=O) groups excluding carboxylic acids is 1. The Morgan fingerprint density at radius 2 is 1.92 bits per heavy atom. The summed E-state index contributed by atoms with van der Waals surface area (Å²) < 4.78 is 5.20. The molecule has 26 heavy (non-hydrogen) atoms. The van der Waals surface area contributed by atoms with Crippen molar-refractivity contribution in [2.24, 2.45) is 11.8 Å². The van der Waals surface area contributed by atoms with E-state index in [1.54, 1.807) is 6.33 Å². The maximum Gasteiger partial charge on any atom is 0.248 e. The van der Waals surface area contributed by atoms with E-state index in [0.29, 0.717) is 24.4 Å². The molecule has 3 saturated heterocycles. The van der Waals surface area contributed by atoms with E-state index in [1.807, 2.05) is 4.90 Å². The number of aromatic nitrogens is 2. The van der Waals surface area contributed by atoms with Gasteiger partial charge in [-0.15, -0.1) is 0 Å². The molecular weight excluding hydrogens is 330 g/mol. The molecule has 1 aromatic rings. The summed E-state index contributed by atoms with van der Waals surface area (Å²) in [5.74, 6) is 3.04. The lowest BCUT2D eigenvalue weighted by Crippen LogP contribution is -2.45. The van der Waals surface area contributed by atoms with Gasteiger partial charge in [0.05, 0.1) is 6.61 Å². The minimum absolute atomic E-state index is 0.131. The summed E-state index contributed by atoms with van der Waals surface area (Å²) in [6, 6.07) is 2.15. The molecule has 0 bridgehead atoms. The second kappa shape index (κ2) is 7.48. The maximum atomic E-state index is 11.8. The number of rotatable bonds is 5. The van der Waals surface area contributed by atoms with E-state index in [2.05, 4.69) is 39.7 Å². The van der Waals surface area contributed by atoms with Gasteiger partial charge in [0.25, 0.3) is 0 Å². The zero-order valence-corrected chi connectivity index (χ0v) is 15.8. The molecule has 0 saturated carbocycles. The first-order valence-corrected chi connectivity index (χ1v) is 9.75. The first-order chi connectivity index (χ1) is 12.6. The summed E-state index contributed by atoms with van der Waals surface area (Å²) in [4.78, 5) is 27.6. The molecule has 7 heteroatoms. The first kappa shape index (κ1) is 17.7. The molecule has 3 aliphatic heterocycles. The monoisotopic (exact) mass is 359 g/mol. The Morgan fingerprint density at radius 1 is 1.15 bits per heavy atom. The summed E-state index contributed by atoms with van der Waals surface area (Å²) in [5, 5.41) is 0. The predicted octanol–water partition coefficient (Wildman–Crippen LogP) is 0.827. The third kappa shape index (κ3) is 3.69. The molecule has 1 aromatic heterocycles. The lowest BCUT2D eigenvalue weighted by atomic mass is 10.0. The number of hydrogen-bond donors (Lipinski definition) is 0. The topological polar surface area (TPSA) is 61.8 Å². The molecular formula is C19H29N5O2. The molecule has 0 aliphatic carbocycles. The van der Waals surface area contributed by atoms with E-state index in [-0.39, 0.29) is 12.5 Å². The first-order valence-electron chi connectivity index (χ1n) is 9.75. The van der Waals surface area contributed by atoms with Crippen molar-refractivity contribution in [3.05, 3.63) is 18.1 Å². The van der Waals surface area contributed by atoms with Crippen LogP contribution in [-0.2, 0) is 9.53 Å². The highest BCUT2D eigenvalue weighted by molar-refractivity contribution is 5.77. The van der Waals surface area contributed by atoms with Crippen LogP contribution in [0, 0.1) is 11.8 Å². The van der Waals surface area contributed by atoms with Crippen molar-refractivity contribution in [2.75, 3.05) is 63.9 Å². The molecule has 1 amide bonds. The van der Waals surface area contributed by atoms with Crippen molar-refractivity contribution in [3.63, 3.8) is 0 Å². The van der Waals surface area contributed by atoms with Crippen molar-refractivity contribution >= 4 is 11.7 Å². The van der Waals surface area contributed by atoms with Crippen LogP contribution in [0.2, 0.25) is 0 Å². The van der Waals surface area contributed by atoms with Gasteiger partial charge < -0.3 is 19.4 Å². The quantitative estimate of drug-likeness (QED) is 0.776. The van der Waals surface area contributed by atoms with Crippen molar-refractivity contribution in [2.45, 2.75) is 19.8 Å². The van der Waals surface area contributed by atoms with Gasteiger partial charge in [0.15, 0.2) is 0 Å². The molecule has 142 valence electrons. The Kier molecular flexibility index (Phi) is 5.09. The fourth-order valence-corrected chi connectivity index (χ4v) is 4.36. The summed E-state index contributed by atoms with van der Waals surface area (Å²) in [6.07, 6.45) is 1.70. The Hall–Kier alpha value is -1.73. The molecule has 0 N–H and O–H groups in total. The van der Waals surface area contributed by atoms with Gasteiger partial charge in [0, 0.05) is 57.6 Å². The fraction of sp³-hybridized carbons (Fsp3) is 0.737. The van der Waals surface area contributed by atoms with E-state index in [9.17, 15) is 4.79 Å². The number of fused-ring (bicyclic) bond motifs is 1. The standard InChI is InChI=1S/C19H29N5O2/c1-14(2)17-7-18(21-13-20-17)24-10-15-8-22(9-16(15)11-24)3-4-23-5-6-26-12-19(23)25/h7,13-16H,3-6,8-12H2,1-2H3. The molecule has 4 rings (SSSR count). The second-order valence-electron chi connectivity index (χ2n) is 8.07. The highest BCUT2D eigenvalue weighted by Crippen LogP contribution is 2.33. The van der Waals surface area contributed by atoms with Crippen LogP contribution in [0.5, 0.6) is 0 Å². The molecule has 3 aliphatic rings. The number of nitrogens with zero attached hydrogens (tertiary/aromatic N) is 5. The average molecular weight is 359 g/mol. The normalized spacial score (nSPS) is 26.8. The molecule has 7 nitrogen and oxygen atoms in total. The minimum Gasteiger partial charge on any atom is -0.370 e. The van der Waals surface area contributed by atoms with E-state index < -0.39 is 0 Å². The van der Waals surface area contributed by atoms with Gasteiger partial charge in [-0.1, -0.05) is 13.8 Å². The Bertz CT molecular complexity index is 639. The van der Waals surface area contributed by atoms with Crippen molar-refractivity contribution in [1.82, 2.24) is 19.8 Å². The smallest absolute Gasteiger partial charge is 0.248 e. The van der Waals surface area contributed by atoms with Gasteiger partial charge in [-0.2, -0.15) is 0 Å². The largest absolute Gasteiger partial charge is 0.370 e. The Labute approximate surface area is 155 Å². The highest BCUT2D eigenvalue weighted by atomic mass is 16.5. The second-order valence-corrected chi connectivity index (χ2v) is 8.07. The van der Waals surface area contributed by atoms with Gasteiger partial charge in [-0.25, -0.2) is 9.97 Å². The Morgan fingerprint density at radius 3 is 2.62 bits per heavy atom. The van der Waals surface area contributed by atoms with Crippen LogP contribution < -0.4 is 4.90 Å². The molecule has 3 fully saturated rings. The number of anilines is 1. The molecule has 0 spiro atoms. The lowest BCUT2D eigenvalue weighted by molar-refractivity contribution is -0.142. The van der Waals surface area contributed by atoms with Crippen molar-refractivity contribution in [3.8, 4) is 0 Å². The average Bonchev–Trinajstić information content (AvgIpc) is 3.20. The van der Waals surface area contributed by atoms with Crippen LogP contribution in [0.15, 0.2) is 12.4 Å². The summed E-state index contributed by atoms with van der Waals surface area (Å²) in [5.41, 5.74) is 1.11. The predicted molar refractivity (Wildman–Crippen MR) is 99.2 cm³/mol. The lowest BCUT2D eigenvalue weighted by Gasteiger charge is -2.29. The number of amides is 1. The van der Waals surface area contributed by atoms with Gasteiger partial charge in [-0.3, -0.25) is 4.79 Å². The van der Waals surface area contributed by atoms with Gasteiger partial charge >= 0.3 is 0 Å². The van der Waals surface area contributed by atoms with Crippen LogP contribution >= 0.6 is 0 Å². The maximum absolute atomic E-state index is 11.8. The molecule has 2 unspecified atom stereocenters. The van der Waals surface area contributed by atoms with E-state index in [4.69, 9.17) is 4.74 Å². The third-order valence-electron chi connectivity index (χ3n) is 5.92. The zero-order chi connectivity index (χ0) is 18.1. The summed E-state index contributed by atoms with van der Waals surface area (Å²) in [6.45, 7) is 12.2. The van der Waals surface area contributed by atoms with Crippen LogP contribution in [0.3, 0.4) is 0 Å². The molecule has 0 aromatic carbocycles. The molecule has 2 atom stereocenters. The van der Waals surface area contributed by atoms with E-state index >= 15 is 0 Å². The fourth-order valence-electron chi connectivity index (χ4n) is 4.36. The minimum atomic E-state index is 0.131. The van der Waals surface area contributed by atoms with Crippen LogP contribution in [-0.4, -0.2) is 84.7 Å². The van der Waals surface area contributed by atoms with Gasteiger partial charge in [0.2, 0.25) is 5.91 Å². The van der Waals surface area contributed by atoms with Crippen LogP contribution in [0.1, 0.15) is 25.5 Å². The highest BCUT2D eigenvalue weighted by Gasteiger charge is 2.40. The Balaban J connectivity index is 1.29. The van der Waals surface area contributed by atoms with Crippen LogP contribution in [0.4, 0.5) is 5.82 Å². The van der Waals surface area contributed by atoms with E-state index in [1.165, 1.54) is 0 Å². The number of morpholine rings is 1. The number of carbonyl (C=O) groups is 1. The molecule has 0 radical (unpaired) electrons. The SMILES string of the molecule is CC(C)c1cc(N2CC3CN(CCN4CCOCC4=O)CC3C2)ncn1. The molecule has 4 heterocycles. The zero-order valence-electron chi connectivity index (χ0n) is 15.8. The van der Waals surface area contributed by atoms with Crippen molar-refractivity contribution < 1.29 is 9.53 Å². The van der Waals surface area contributed by atoms with Crippen molar-refractivity contribution in [1.29, 1.82) is 0 Å². The number of ether oxygens (including phenoxy) is 1. The summed E-state index contributed by atoms with van der Waals surface area (Å²) in [7, 11) is 0. The van der Waals surface area contributed by atoms with E-state index in [0.717, 1.165) is 57.3 Å². The van der Waals surface area contributed by atoms with Gasteiger partial charge in [-0.05, 0) is 17.8 Å². The number of likely N-dealkylation sites (tertiary alicyclic amines) is 1.